The molecule has 0 radical (unpaired) electrons. The molecule has 0 aromatic heterocycles. The molecule has 3 nitrogen and oxygen atoms in total. The number of benzene rings is 1. The molecule has 1 aromatic rings. The maximum Gasteiger partial charge on any atom is 0.330 e. The zero-order chi connectivity index (χ0) is 13.9. The molecule has 0 atom stereocenters. The number of aryl methyl sites for hydroxylation is 1. The van der Waals surface area contributed by atoms with Gasteiger partial charge in [-0.15, -0.1) is 0 Å². The number of hydrogen-bond acceptors (Lipinski definition) is 3. The fourth-order valence-electron chi connectivity index (χ4n) is 1.54. The van der Waals surface area contributed by atoms with E-state index in [0.29, 0.717) is 13.2 Å². The summed E-state index contributed by atoms with van der Waals surface area (Å²) in [6, 6.07) is 7.99. The molecule has 0 spiro atoms. The summed E-state index contributed by atoms with van der Waals surface area (Å²) in [5.74, 6) is -0.294. The molecular weight excluding hydrogens is 238 g/mol. The Morgan fingerprint density at radius 1 is 1.26 bits per heavy atom. The SMILES string of the molecule is CCCCNCCOC(=O)/C=C/c1ccc(C)cc1. The lowest BCUT2D eigenvalue weighted by molar-refractivity contribution is -0.137. The van der Waals surface area contributed by atoms with E-state index in [1.165, 1.54) is 18.1 Å². The highest BCUT2D eigenvalue weighted by molar-refractivity contribution is 5.87. The molecular formula is C16H23NO2. The van der Waals surface area contributed by atoms with Crippen LogP contribution in [-0.2, 0) is 9.53 Å². The van der Waals surface area contributed by atoms with Crippen LogP contribution in [-0.4, -0.2) is 25.7 Å². The van der Waals surface area contributed by atoms with Crippen molar-refractivity contribution in [2.75, 3.05) is 19.7 Å². The Bertz CT molecular complexity index is 396. The van der Waals surface area contributed by atoms with Gasteiger partial charge >= 0.3 is 5.97 Å². The Morgan fingerprint density at radius 2 is 2.00 bits per heavy atom. The van der Waals surface area contributed by atoms with Crippen molar-refractivity contribution in [2.24, 2.45) is 0 Å². The van der Waals surface area contributed by atoms with E-state index in [0.717, 1.165) is 18.5 Å². The van der Waals surface area contributed by atoms with Crippen LogP contribution in [0.3, 0.4) is 0 Å². The molecule has 0 fully saturated rings. The molecule has 0 aliphatic rings. The van der Waals surface area contributed by atoms with Crippen molar-refractivity contribution >= 4 is 12.0 Å². The molecule has 0 saturated carbocycles. The number of ether oxygens (including phenoxy) is 1. The van der Waals surface area contributed by atoms with Crippen LogP contribution < -0.4 is 5.32 Å². The van der Waals surface area contributed by atoms with Crippen LogP contribution in [0.1, 0.15) is 30.9 Å². The first kappa shape index (κ1) is 15.4. The molecule has 1 aromatic carbocycles. The zero-order valence-electron chi connectivity index (χ0n) is 11.8. The van der Waals surface area contributed by atoms with Gasteiger partial charge in [0.25, 0.3) is 0 Å². The number of hydrogen-bond donors (Lipinski definition) is 1. The van der Waals surface area contributed by atoms with Crippen molar-refractivity contribution in [1.82, 2.24) is 5.32 Å². The largest absolute Gasteiger partial charge is 0.461 e. The third-order valence-corrected chi connectivity index (χ3v) is 2.72. The number of rotatable bonds is 8. The van der Waals surface area contributed by atoms with E-state index < -0.39 is 0 Å². The van der Waals surface area contributed by atoms with Crippen LogP contribution in [0.25, 0.3) is 6.08 Å². The summed E-state index contributed by atoms with van der Waals surface area (Å²) in [7, 11) is 0. The predicted molar refractivity (Wildman–Crippen MR) is 78.9 cm³/mol. The second kappa shape index (κ2) is 9.34. The van der Waals surface area contributed by atoms with Gasteiger partial charge < -0.3 is 10.1 Å². The van der Waals surface area contributed by atoms with Gasteiger partial charge in [-0.1, -0.05) is 43.2 Å². The van der Waals surface area contributed by atoms with Crippen molar-refractivity contribution in [2.45, 2.75) is 26.7 Å². The number of carbonyl (C=O) groups excluding carboxylic acids is 1. The van der Waals surface area contributed by atoms with E-state index in [2.05, 4.69) is 12.2 Å². The average molecular weight is 261 g/mol. The maximum absolute atomic E-state index is 11.4. The third kappa shape index (κ3) is 7.42. The Hall–Kier alpha value is -1.61. The minimum Gasteiger partial charge on any atom is -0.461 e. The van der Waals surface area contributed by atoms with Crippen LogP contribution >= 0.6 is 0 Å². The zero-order valence-corrected chi connectivity index (χ0v) is 11.8. The quantitative estimate of drug-likeness (QED) is 0.444. The number of carbonyl (C=O) groups is 1. The summed E-state index contributed by atoms with van der Waals surface area (Å²) in [6.07, 6.45) is 5.57. The Morgan fingerprint density at radius 3 is 2.68 bits per heavy atom. The van der Waals surface area contributed by atoms with E-state index in [1.807, 2.05) is 31.2 Å². The van der Waals surface area contributed by atoms with E-state index in [1.54, 1.807) is 6.08 Å². The molecule has 1 rings (SSSR count). The molecule has 104 valence electrons. The second-order valence-corrected chi connectivity index (χ2v) is 4.52. The van der Waals surface area contributed by atoms with Crippen molar-refractivity contribution in [1.29, 1.82) is 0 Å². The molecule has 0 saturated heterocycles. The van der Waals surface area contributed by atoms with Gasteiger partial charge in [-0.2, -0.15) is 0 Å². The summed E-state index contributed by atoms with van der Waals surface area (Å²) in [4.78, 5) is 11.4. The second-order valence-electron chi connectivity index (χ2n) is 4.52. The molecule has 0 aliphatic carbocycles. The fraction of sp³-hybridized carbons (Fsp3) is 0.438. The predicted octanol–water partition coefficient (Wildman–Crippen LogP) is 2.94. The molecule has 3 heteroatoms. The van der Waals surface area contributed by atoms with Crippen LogP contribution in [0.15, 0.2) is 30.3 Å². The fourth-order valence-corrected chi connectivity index (χ4v) is 1.54. The summed E-state index contributed by atoms with van der Waals surface area (Å²) < 4.78 is 5.08. The Labute approximate surface area is 115 Å². The van der Waals surface area contributed by atoms with Crippen LogP contribution in [0.2, 0.25) is 0 Å². The molecule has 19 heavy (non-hydrogen) atoms. The lowest BCUT2D eigenvalue weighted by atomic mass is 10.1. The van der Waals surface area contributed by atoms with Gasteiger partial charge in [0.1, 0.15) is 6.61 Å². The lowest BCUT2D eigenvalue weighted by Gasteiger charge is -2.03. The van der Waals surface area contributed by atoms with E-state index in [9.17, 15) is 4.79 Å². The summed E-state index contributed by atoms with van der Waals surface area (Å²) >= 11 is 0. The van der Waals surface area contributed by atoms with Gasteiger partial charge in [-0.3, -0.25) is 0 Å². The van der Waals surface area contributed by atoms with Gasteiger partial charge in [0.2, 0.25) is 0 Å². The van der Waals surface area contributed by atoms with Crippen LogP contribution in [0.4, 0.5) is 0 Å². The molecule has 0 bridgehead atoms. The molecule has 0 heterocycles. The monoisotopic (exact) mass is 261 g/mol. The van der Waals surface area contributed by atoms with Crippen LogP contribution in [0, 0.1) is 6.92 Å². The van der Waals surface area contributed by atoms with Crippen molar-refractivity contribution in [3.63, 3.8) is 0 Å². The summed E-state index contributed by atoms with van der Waals surface area (Å²) in [6.45, 7) is 6.29. The number of unbranched alkanes of at least 4 members (excludes halogenated alkanes) is 1. The van der Waals surface area contributed by atoms with Crippen molar-refractivity contribution in [3.8, 4) is 0 Å². The number of nitrogens with one attached hydrogen (secondary N) is 1. The third-order valence-electron chi connectivity index (χ3n) is 2.72. The normalized spacial score (nSPS) is 10.8. The Kier molecular flexibility index (Phi) is 7.59. The highest BCUT2D eigenvalue weighted by Crippen LogP contribution is 2.04. The topological polar surface area (TPSA) is 38.3 Å². The smallest absolute Gasteiger partial charge is 0.330 e. The first-order valence-corrected chi connectivity index (χ1v) is 6.84. The minimum absolute atomic E-state index is 0.294. The molecule has 0 unspecified atom stereocenters. The maximum atomic E-state index is 11.4. The summed E-state index contributed by atoms with van der Waals surface area (Å²) in [5, 5.41) is 3.22. The van der Waals surface area contributed by atoms with Crippen molar-refractivity contribution < 1.29 is 9.53 Å². The van der Waals surface area contributed by atoms with E-state index >= 15 is 0 Å². The van der Waals surface area contributed by atoms with Crippen LogP contribution in [0.5, 0.6) is 0 Å². The van der Waals surface area contributed by atoms with Gasteiger partial charge in [0, 0.05) is 12.6 Å². The van der Waals surface area contributed by atoms with E-state index in [4.69, 9.17) is 4.74 Å². The van der Waals surface area contributed by atoms with Gasteiger partial charge in [0.15, 0.2) is 0 Å². The van der Waals surface area contributed by atoms with Gasteiger partial charge in [-0.05, 0) is 31.5 Å². The van der Waals surface area contributed by atoms with Gasteiger partial charge in [0.05, 0.1) is 0 Å². The molecule has 0 amide bonds. The first-order chi connectivity index (χ1) is 9.22. The van der Waals surface area contributed by atoms with E-state index in [-0.39, 0.29) is 5.97 Å². The standard InChI is InChI=1S/C16H23NO2/c1-3-4-11-17-12-13-19-16(18)10-9-15-7-5-14(2)6-8-15/h5-10,17H,3-4,11-13H2,1-2H3/b10-9+. The average Bonchev–Trinajstić information content (AvgIpc) is 2.42. The minimum atomic E-state index is -0.294. The Balaban J connectivity index is 2.18. The molecule has 0 aliphatic heterocycles. The highest BCUT2D eigenvalue weighted by Gasteiger charge is 1.96. The lowest BCUT2D eigenvalue weighted by Crippen LogP contribution is -2.21. The first-order valence-electron chi connectivity index (χ1n) is 6.84. The highest BCUT2D eigenvalue weighted by atomic mass is 16.5. The number of esters is 1. The van der Waals surface area contributed by atoms with Gasteiger partial charge in [-0.25, -0.2) is 4.79 Å². The molecule has 1 N–H and O–H groups in total. The summed E-state index contributed by atoms with van der Waals surface area (Å²) in [5.41, 5.74) is 2.21. The van der Waals surface area contributed by atoms with Crippen molar-refractivity contribution in [3.05, 3.63) is 41.5 Å².